The molecular weight excluding hydrogens is 364 g/mol. The number of benzene rings is 1. The number of carbonyl (C=O) groups excluding carboxylic acids is 1. The SMILES string of the molecule is Cn1cc(C(=O)NCc2ccc(Cl)cc2)c(=S)c2cc(CO)sc21. The summed E-state index contributed by atoms with van der Waals surface area (Å²) in [5.41, 5.74) is 1.42. The van der Waals surface area contributed by atoms with Gasteiger partial charge in [-0.1, -0.05) is 36.0 Å². The van der Waals surface area contributed by atoms with Gasteiger partial charge in [0.2, 0.25) is 0 Å². The molecule has 0 bridgehead atoms. The molecular formula is C17H15ClN2O2S2. The van der Waals surface area contributed by atoms with E-state index in [-0.39, 0.29) is 12.5 Å². The number of hydrogen-bond donors (Lipinski definition) is 2. The molecule has 0 aliphatic rings. The van der Waals surface area contributed by atoms with E-state index < -0.39 is 0 Å². The Balaban J connectivity index is 1.88. The van der Waals surface area contributed by atoms with Crippen LogP contribution in [0, 0.1) is 4.51 Å². The van der Waals surface area contributed by atoms with Gasteiger partial charge in [-0.25, -0.2) is 0 Å². The van der Waals surface area contributed by atoms with Crippen LogP contribution in [-0.4, -0.2) is 15.6 Å². The van der Waals surface area contributed by atoms with Crippen molar-refractivity contribution < 1.29 is 9.90 Å². The Hall–Kier alpha value is -1.73. The van der Waals surface area contributed by atoms with Crippen LogP contribution in [0.5, 0.6) is 0 Å². The number of halogens is 1. The van der Waals surface area contributed by atoms with Crippen molar-refractivity contribution >= 4 is 51.3 Å². The number of nitrogens with zero attached hydrogens (tertiary/aromatic N) is 1. The molecule has 124 valence electrons. The van der Waals surface area contributed by atoms with Crippen LogP contribution < -0.4 is 5.32 Å². The quantitative estimate of drug-likeness (QED) is 0.673. The summed E-state index contributed by atoms with van der Waals surface area (Å²) in [4.78, 5) is 14.3. The van der Waals surface area contributed by atoms with Gasteiger partial charge in [-0.15, -0.1) is 11.3 Å². The molecule has 1 amide bonds. The maximum Gasteiger partial charge on any atom is 0.254 e. The van der Waals surface area contributed by atoms with E-state index in [0.29, 0.717) is 21.6 Å². The maximum absolute atomic E-state index is 12.5. The molecule has 0 radical (unpaired) electrons. The van der Waals surface area contributed by atoms with Crippen molar-refractivity contribution in [1.82, 2.24) is 9.88 Å². The second-order valence-corrected chi connectivity index (χ2v) is 7.34. The van der Waals surface area contributed by atoms with E-state index in [1.165, 1.54) is 11.3 Å². The predicted molar refractivity (Wildman–Crippen MR) is 100 cm³/mol. The number of aryl methyl sites for hydroxylation is 1. The van der Waals surface area contributed by atoms with Crippen molar-refractivity contribution in [3.05, 3.63) is 62.1 Å². The molecule has 0 unspecified atom stereocenters. The molecule has 0 saturated carbocycles. The molecule has 0 aliphatic carbocycles. The first-order valence-corrected chi connectivity index (χ1v) is 8.85. The van der Waals surface area contributed by atoms with Gasteiger partial charge in [0.25, 0.3) is 5.91 Å². The number of thiophene rings is 1. The number of nitrogens with one attached hydrogen (secondary N) is 1. The first-order valence-electron chi connectivity index (χ1n) is 7.25. The highest BCUT2D eigenvalue weighted by atomic mass is 35.5. The van der Waals surface area contributed by atoms with Gasteiger partial charge in [-0.3, -0.25) is 4.79 Å². The first-order chi connectivity index (χ1) is 11.5. The fourth-order valence-corrected chi connectivity index (χ4v) is 3.88. The molecule has 1 aromatic carbocycles. The molecule has 0 saturated heterocycles. The zero-order chi connectivity index (χ0) is 17.3. The minimum atomic E-state index is -0.218. The van der Waals surface area contributed by atoms with E-state index in [0.717, 1.165) is 20.7 Å². The van der Waals surface area contributed by atoms with Crippen LogP contribution in [0.15, 0.2) is 36.5 Å². The molecule has 7 heteroatoms. The van der Waals surface area contributed by atoms with Crippen molar-refractivity contribution in [3.8, 4) is 0 Å². The van der Waals surface area contributed by atoms with Gasteiger partial charge >= 0.3 is 0 Å². The van der Waals surface area contributed by atoms with Crippen molar-refractivity contribution in [3.63, 3.8) is 0 Å². The second-order valence-electron chi connectivity index (χ2n) is 5.38. The van der Waals surface area contributed by atoms with Gasteiger partial charge in [0, 0.05) is 35.1 Å². The summed E-state index contributed by atoms with van der Waals surface area (Å²) in [5, 5.41) is 13.7. The smallest absolute Gasteiger partial charge is 0.254 e. The van der Waals surface area contributed by atoms with Crippen molar-refractivity contribution in [1.29, 1.82) is 0 Å². The standard InChI is InChI=1S/C17H15ClN2O2S2/c1-20-8-14(15(23)13-6-12(9-21)24-17(13)20)16(22)19-7-10-2-4-11(18)5-3-10/h2-6,8,21H,7,9H2,1H3,(H,19,22). The van der Waals surface area contributed by atoms with Gasteiger partial charge in [-0.05, 0) is 23.8 Å². The number of amides is 1. The van der Waals surface area contributed by atoms with E-state index in [4.69, 9.17) is 23.8 Å². The number of fused-ring (bicyclic) bond motifs is 1. The van der Waals surface area contributed by atoms with Crippen LogP contribution in [0.2, 0.25) is 5.02 Å². The Morgan fingerprint density at radius 1 is 1.38 bits per heavy atom. The minimum Gasteiger partial charge on any atom is -0.391 e. The zero-order valence-corrected chi connectivity index (χ0v) is 15.3. The normalized spacial score (nSPS) is 11.0. The maximum atomic E-state index is 12.5. The molecule has 0 fully saturated rings. The Bertz CT molecular complexity index is 961. The van der Waals surface area contributed by atoms with Crippen molar-refractivity contribution in [2.75, 3.05) is 0 Å². The Kier molecular flexibility index (Phi) is 5.01. The van der Waals surface area contributed by atoms with Gasteiger partial charge < -0.3 is 15.0 Å². The van der Waals surface area contributed by atoms with E-state index in [2.05, 4.69) is 5.32 Å². The molecule has 0 atom stereocenters. The third-order valence-corrected chi connectivity index (χ3v) is 5.56. The highest BCUT2D eigenvalue weighted by Gasteiger charge is 2.14. The van der Waals surface area contributed by atoms with Gasteiger partial charge in [0.1, 0.15) is 4.83 Å². The van der Waals surface area contributed by atoms with Crippen molar-refractivity contribution in [2.24, 2.45) is 7.05 Å². The minimum absolute atomic E-state index is 0.0355. The number of hydrogen-bond acceptors (Lipinski definition) is 4. The summed E-state index contributed by atoms with van der Waals surface area (Å²) in [6.07, 6.45) is 1.74. The summed E-state index contributed by atoms with van der Waals surface area (Å²) < 4.78 is 2.37. The van der Waals surface area contributed by atoms with E-state index in [9.17, 15) is 9.90 Å². The Morgan fingerprint density at radius 2 is 2.08 bits per heavy atom. The predicted octanol–water partition coefficient (Wildman–Crippen LogP) is 4.04. The fourth-order valence-electron chi connectivity index (χ4n) is 2.43. The molecule has 2 aromatic heterocycles. The van der Waals surface area contributed by atoms with E-state index in [1.54, 1.807) is 18.3 Å². The molecule has 3 rings (SSSR count). The fraction of sp³-hybridized carbons (Fsp3) is 0.176. The number of aliphatic hydroxyl groups excluding tert-OH is 1. The van der Waals surface area contributed by atoms with Crippen molar-refractivity contribution in [2.45, 2.75) is 13.2 Å². The lowest BCUT2D eigenvalue weighted by molar-refractivity contribution is 0.0950. The van der Waals surface area contributed by atoms with E-state index in [1.807, 2.05) is 29.8 Å². The van der Waals surface area contributed by atoms with Crippen LogP contribution in [0.3, 0.4) is 0 Å². The van der Waals surface area contributed by atoms with Gasteiger partial charge in [0.15, 0.2) is 0 Å². The lowest BCUT2D eigenvalue weighted by atomic mass is 10.2. The third-order valence-electron chi connectivity index (χ3n) is 3.66. The molecule has 3 aromatic rings. The van der Waals surface area contributed by atoms with Crippen LogP contribution in [0.25, 0.3) is 10.2 Å². The number of aliphatic hydroxyl groups is 1. The van der Waals surface area contributed by atoms with Crippen LogP contribution in [0.4, 0.5) is 0 Å². The topological polar surface area (TPSA) is 54.3 Å². The first kappa shape index (κ1) is 17.1. The van der Waals surface area contributed by atoms with Gasteiger partial charge in [0.05, 0.1) is 16.7 Å². The lowest BCUT2D eigenvalue weighted by Gasteiger charge is -2.09. The number of carbonyl (C=O) groups is 1. The molecule has 4 nitrogen and oxygen atoms in total. The van der Waals surface area contributed by atoms with Crippen LogP contribution in [0.1, 0.15) is 20.8 Å². The molecule has 0 spiro atoms. The van der Waals surface area contributed by atoms with Crippen LogP contribution >= 0.6 is 35.2 Å². The number of pyridine rings is 1. The highest BCUT2D eigenvalue weighted by molar-refractivity contribution is 7.71. The third kappa shape index (κ3) is 3.37. The number of aromatic nitrogens is 1. The monoisotopic (exact) mass is 378 g/mol. The summed E-state index contributed by atoms with van der Waals surface area (Å²) in [7, 11) is 1.87. The summed E-state index contributed by atoms with van der Waals surface area (Å²) in [6.45, 7) is 0.365. The average molecular weight is 379 g/mol. The summed E-state index contributed by atoms with van der Waals surface area (Å²) >= 11 is 12.8. The summed E-state index contributed by atoms with van der Waals surface area (Å²) in [6, 6.07) is 9.16. The Morgan fingerprint density at radius 3 is 2.75 bits per heavy atom. The zero-order valence-electron chi connectivity index (χ0n) is 12.9. The molecule has 2 N–H and O–H groups in total. The Labute approximate surface area is 153 Å². The number of rotatable bonds is 4. The molecule has 2 heterocycles. The second kappa shape index (κ2) is 7.03. The van der Waals surface area contributed by atoms with Crippen LogP contribution in [-0.2, 0) is 20.2 Å². The molecule has 0 aliphatic heterocycles. The molecule has 24 heavy (non-hydrogen) atoms. The van der Waals surface area contributed by atoms with Gasteiger partial charge in [-0.2, -0.15) is 0 Å². The summed E-state index contributed by atoms with van der Waals surface area (Å²) in [5.74, 6) is -0.218. The van der Waals surface area contributed by atoms with E-state index >= 15 is 0 Å². The average Bonchev–Trinajstić information content (AvgIpc) is 3.03. The highest BCUT2D eigenvalue weighted by Crippen LogP contribution is 2.28. The lowest BCUT2D eigenvalue weighted by Crippen LogP contribution is -2.23. The largest absolute Gasteiger partial charge is 0.391 e.